The Balaban J connectivity index is 0.000000255. The molecule has 0 saturated heterocycles. The molecule has 2 N–H and O–H groups in total. The highest BCUT2D eigenvalue weighted by Crippen LogP contribution is 2.02. The zero-order valence-corrected chi connectivity index (χ0v) is 9.36. The predicted molar refractivity (Wildman–Crippen MR) is 59.3 cm³/mol. The summed E-state index contributed by atoms with van der Waals surface area (Å²) in [5.74, 6) is 0. The highest BCUT2D eigenvalue weighted by atomic mass is 16.3. The third-order valence-corrected chi connectivity index (χ3v) is 2.12. The van der Waals surface area contributed by atoms with E-state index in [1.165, 1.54) is 11.1 Å². The van der Waals surface area contributed by atoms with Crippen molar-refractivity contribution in [1.82, 2.24) is 0 Å². The molecule has 0 amide bonds. The Morgan fingerprint density at radius 2 is 1.14 bits per heavy atom. The highest BCUT2D eigenvalue weighted by Gasteiger charge is 1.99. The van der Waals surface area contributed by atoms with Crippen molar-refractivity contribution in [3.63, 3.8) is 0 Å². The molecule has 1 aromatic carbocycles. The molecule has 0 aliphatic rings. The van der Waals surface area contributed by atoms with Crippen molar-refractivity contribution in [1.29, 1.82) is 0 Å². The molecule has 2 atom stereocenters. The molecule has 0 fully saturated rings. The molecule has 0 aliphatic carbocycles. The molecular formula is C12H20O2. The molecule has 0 heterocycles. The fraction of sp³-hybridized carbons (Fsp3) is 0.500. The predicted octanol–water partition coefficient (Wildman–Crippen LogP) is 2.05. The first-order valence-corrected chi connectivity index (χ1v) is 4.83. The van der Waals surface area contributed by atoms with Crippen LogP contribution in [-0.2, 0) is 0 Å². The second-order valence-electron chi connectivity index (χ2n) is 3.57. The first-order chi connectivity index (χ1) is 6.45. The Kier molecular flexibility index (Phi) is 6.17. The maximum atomic E-state index is 8.38. The van der Waals surface area contributed by atoms with Crippen LogP contribution in [0.2, 0.25) is 0 Å². The lowest BCUT2D eigenvalue weighted by atomic mass is 10.1. The monoisotopic (exact) mass is 196 g/mol. The third kappa shape index (κ3) is 5.73. The minimum Gasteiger partial charge on any atom is -0.391 e. The van der Waals surface area contributed by atoms with E-state index in [1.54, 1.807) is 13.8 Å². The lowest BCUT2D eigenvalue weighted by Gasteiger charge is -2.03. The van der Waals surface area contributed by atoms with E-state index >= 15 is 0 Å². The number of aliphatic hydroxyl groups excluding tert-OH is 2. The van der Waals surface area contributed by atoms with Gasteiger partial charge in [0.2, 0.25) is 0 Å². The van der Waals surface area contributed by atoms with Crippen molar-refractivity contribution >= 4 is 0 Å². The average molecular weight is 196 g/mol. The van der Waals surface area contributed by atoms with Crippen LogP contribution in [-0.4, -0.2) is 22.4 Å². The van der Waals surface area contributed by atoms with Crippen molar-refractivity contribution in [2.75, 3.05) is 0 Å². The Morgan fingerprint density at radius 1 is 0.857 bits per heavy atom. The standard InChI is InChI=1S/C8H10.C4H10O2/c1-7-5-3-4-6-8(7)2;1-3(5)4(2)6/h3-6H,1-2H3;3-6H,1-2H3. The van der Waals surface area contributed by atoms with Gasteiger partial charge >= 0.3 is 0 Å². The molecule has 1 aromatic rings. The summed E-state index contributed by atoms with van der Waals surface area (Å²) >= 11 is 0. The van der Waals surface area contributed by atoms with Gasteiger partial charge in [-0.05, 0) is 38.8 Å². The van der Waals surface area contributed by atoms with Gasteiger partial charge in [0.25, 0.3) is 0 Å². The molecule has 80 valence electrons. The Hall–Kier alpha value is -0.860. The van der Waals surface area contributed by atoms with Gasteiger partial charge in [0.15, 0.2) is 0 Å². The van der Waals surface area contributed by atoms with Gasteiger partial charge in [0, 0.05) is 0 Å². The average Bonchev–Trinajstić information content (AvgIpc) is 2.11. The van der Waals surface area contributed by atoms with E-state index in [4.69, 9.17) is 10.2 Å². The molecular weight excluding hydrogens is 176 g/mol. The molecule has 1 rings (SSSR count). The van der Waals surface area contributed by atoms with E-state index in [9.17, 15) is 0 Å². The Labute approximate surface area is 86.2 Å². The summed E-state index contributed by atoms with van der Waals surface area (Å²) in [4.78, 5) is 0. The summed E-state index contributed by atoms with van der Waals surface area (Å²) in [6.45, 7) is 7.33. The SMILES string of the molecule is CC(O)C(C)O.Cc1ccccc1C. The fourth-order valence-electron chi connectivity index (χ4n) is 0.663. The maximum absolute atomic E-state index is 8.38. The summed E-state index contributed by atoms with van der Waals surface area (Å²) in [6.07, 6.45) is -1.19. The quantitative estimate of drug-likeness (QED) is 0.721. The second-order valence-corrected chi connectivity index (χ2v) is 3.57. The topological polar surface area (TPSA) is 40.5 Å². The first-order valence-electron chi connectivity index (χ1n) is 4.83. The van der Waals surface area contributed by atoms with Crippen LogP contribution >= 0.6 is 0 Å². The van der Waals surface area contributed by atoms with Gasteiger partial charge < -0.3 is 10.2 Å². The fourth-order valence-corrected chi connectivity index (χ4v) is 0.663. The van der Waals surface area contributed by atoms with Crippen LogP contribution in [0.25, 0.3) is 0 Å². The lowest BCUT2D eigenvalue weighted by Crippen LogP contribution is -2.17. The number of hydrogen-bond acceptors (Lipinski definition) is 2. The molecule has 14 heavy (non-hydrogen) atoms. The largest absolute Gasteiger partial charge is 0.391 e. The van der Waals surface area contributed by atoms with Crippen LogP contribution in [0.3, 0.4) is 0 Å². The van der Waals surface area contributed by atoms with Gasteiger partial charge in [0.1, 0.15) is 0 Å². The Morgan fingerprint density at radius 3 is 1.29 bits per heavy atom. The van der Waals surface area contributed by atoms with Crippen LogP contribution in [0.4, 0.5) is 0 Å². The molecule has 0 saturated carbocycles. The number of hydrogen-bond donors (Lipinski definition) is 2. The van der Waals surface area contributed by atoms with Crippen molar-refractivity contribution in [2.45, 2.75) is 39.9 Å². The number of benzene rings is 1. The van der Waals surface area contributed by atoms with Crippen molar-refractivity contribution in [3.05, 3.63) is 35.4 Å². The highest BCUT2D eigenvalue weighted by molar-refractivity contribution is 5.23. The van der Waals surface area contributed by atoms with E-state index in [-0.39, 0.29) is 0 Å². The van der Waals surface area contributed by atoms with Gasteiger partial charge in [-0.1, -0.05) is 24.3 Å². The third-order valence-electron chi connectivity index (χ3n) is 2.12. The molecule has 0 aliphatic heterocycles. The van der Waals surface area contributed by atoms with Crippen LogP contribution in [0.1, 0.15) is 25.0 Å². The minimum atomic E-state index is -0.593. The lowest BCUT2D eigenvalue weighted by molar-refractivity contribution is 0.0438. The van der Waals surface area contributed by atoms with Gasteiger partial charge in [-0.15, -0.1) is 0 Å². The van der Waals surface area contributed by atoms with Crippen molar-refractivity contribution in [2.24, 2.45) is 0 Å². The number of aryl methyl sites for hydroxylation is 2. The molecule has 2 nitrogen and oxygen atoms in total. The Bertz CT molecular complexity index is 227. The summed E-state index contributed by atoms with van der Waals surface area (Å²) in [5.41, 5.74) is 2.74. The molecule has 0 spiro atoms. The maximum Gasteiger partial charge on any atom is 0.0768 e. The first kappa shape index (κ1) is 13.1. The van der Waals surface area contributed by atoms with Gasteiger partial charge in [-0.25, -0.2) is 0 Å². The van der Waals surface area contributed by atoms with E-state index < -0.39 is 12.2 Å². The summed E-state index contributed by atoms with van der Waals surface area (Å²) in [7, 11) is 0. The minimum absolute atomic E-state index is 0.593. The molecule has 0 radical (unpaired) electrons. The second kappa shape index (κ2) is 6.57. The molecule has 2 unspecified atom stereocenters. The number of aliphatic hydroxyl groups is 2. The van der Waals surface area contributed by atoms with E-state index in [2.05, 4.69) is 38.1 Å². The van der Waals surface area contributed by atoms with E-state index in [0.29, 0.717) is 0 Å². The zero-order chi connectivity index (χ0) is 11.1. The normalized spacial score (nSPS) is 13.9. The summed E-state index contributed by atoms with van der Waals surface area (Å²) in [5, 5.41) is 16.8. The molecule has 0 aromatic heterocycles. The van der Waals surface area contributed by atoms with Crippen molar-refractivity contribution in [3.8, 4) is 0 Å². The summed E-state index contributed by atoms with van der Waals surface area (Å²) < 4.78 is 0. The zero-order valence-electron chi connectivity index (χ0n) is 9.36. The van der Waals surface area contributed by atoms with Crippen LogP contribution in [0.15, 0.2) is 24.3 Å². The number of rotatable bonds is 1. The van der Waals surface area contributed by atoms with Crippen LogP contribution < -0.4 is 0 Å². The molecule has 0 bridgehead atoms. The van der Waals surface area contributed by atoms with E-state index in [0.717, 1.165) is 0 Å². The van der Waals surface area contributed by atoms with Crippen LogP contribution in [0, 0.1) is 13.8 Å². The van der Waals surface area contributed by atoms with Crippen LogP contribution in [0.5, 0.6) is 0 Å². The smallest absolute Gasteiger partial charge is 0.0768 e. The van der Waals surface area contributed by atoms with E-state index in [1.807, 2.05) is 0 Å². The van der Waals surface area contributed by atoms with Crippen molar-refractivity contribution < 1.29 is 10.2 Å². The summed E-state index contributed by atoms with van der Waals surface area (Å²) in [6, 6.07) is 8.36. The van der Waals surface area contributed by atoms with Gasteiger partial charge in [-0.2, -0.15) is 0 Å². The van der Waals surface area contributed by atoms with Gasteiger partial charge in [-0.3, -0.25) is 0 Å². The van der Waals surface area contributed by atoms with Gasteiger partial charge in [0.05, 0.1) is 12.2 Å². The molecule has 2 heteroatoms.